The summed E-state index contributed by atoms with van der Waals surface area (Å²) in [5.41, 5.74) is 0.938. The van der Waals surface area contributed by atoms with Crippen LogP contribution in [0.15, 0.2) is 142 Å². The Balaban J connectivity index is 1.59. The Kier molecular flexibility index (Phi) is 2.39. The minimum atomic E-state index is -0.762. The first kappa shape index (κ1) is 11.8. The topological polar surface area (TPSA) is 26.3 Å². The first-order valence-corrected chi connectivity index (χ1v) is 12.4. The lowest BCUT2D eigenvalue weighted by Crippen LogP contribution is -1.91. The van der Waals surface area contributed by atoms with Crippen LogP contribution in [0.4, 0.5) is 0 Å². The molecule has 0 saturated carbocycles. The summed E-state index contributed by atoms with van der Waals surface area (Å²) in [6.07, 6.45) is 1.55. The molecule has 2 heterocycles. The van der Waals surface area contributed by atoms with Crippen molar-refractivity contribution in [3.63, 3.8) is 0 Å². The molecule has 0 aliphatic carbocycles. The van der Waals surface area contributed by atoms with Crippen molar-refractivity contribution in [2.24, 2.45) is 0 Å². The fourth-order valence-electron chi connectivity index (χ4n) is 5.64. The molecule has 0 radical (unpaired) electrons. The number of furan rings is 2. The number of hydrogen-bond donors (Lipinski definition) is 0. The molecule has 2 nitrogen and oxygen atoms in total. The summed E-state index contributed by atoms with van der Waals surface area (Å²) < 4.78 is 145. The molecule has 0 saturated heterocycles. The van der Waals surface area contributed by atoms with Crippen LogP contribution in [0.2, 0.25) is 0 Å². The molecule has 0 fully saturated rings. The normalized spacial score (nSPS) is 17.2. The van der Waals surface area contributed by atoms with Gasteiger partial charge in [-0.05, 0) is 84.9 Å². The zero-order valence-electron chi connectivity index (χ0n) is 35.4. The van der Waals surface area contributed by atoms with Crippen molar-refractivity contribution >= 4 is 65.2 Å². The van der Waals surface area contributed by atoms with Gasteiger partial charge in [0.25, 0.3) is 0 Å². The average molecular weight is 526 g/mol. The number of rotatable bonds is 2. The van der Waals surface area contributed by atoms with Crippen LogP contribution in [0.25, 0.3) is 87.5 Å². The van der Waals surface area contributed by atoms with Gasteiger partial charge < -0.3 is 8.83 Å². The SMILES string of the molecule is [2H]c1c([2H])c([2H])c2c(-c3c4c([2H])c([2H])c([2H])c([2H])c4c(-c4ccc5c(c4)oc4ccc6occc6c45)c4c([2H])c([2H])c([2H])c([2H])c34)c([2H])c([2H])c([2H])c2c1[2H]. The second-order valence-electron chi connectivity index (χ2n) is 9.33. The molecule has 7 aromatic carbocycles. The Hall–Kier alpha value is -5.34. The Bertz CT molecular complexity index is 3180. The summed E-state index contributed by atoms with van der Waals surface area (Å²) in [6, 6.07) is -0.0301. The molecule has 0 bridgehead atoms. The summed E-state index contributed by atoms with van der Waals surface area (Å²) in [7, 11) is 0. The van der Waals surface area contributed by atoms with E-state index in [9.17, 15) is 6.85 Å². The van der Waals surface area contributed by atoms with Crippen molar-refractivity contribution < 1.29 is 29.4 Å². The lowest BCUT2D eigenvalue weighted by molar-refractivity contribution is 0.615. The number of benzene rings is 7. The first-order chi connectivity index (χ1) is 26.1. The van der Waals surface area contributed by atoms with E-state index in [1.165, 1.54) is 0 Å². The Morgan fingerprint density at radius 1 is 0.475 bits per heavy atom. The predicted molar refractivity (Wildman–Crippen MR) is 167 cm³/mol. The van der Waals surface area contributed by atoms with Crippen molar-refractivity contribution in [2.75, 3.05) is 0 Å². The molecule has 0 atom stereocenters. The van der Waals surface area contributed by atoms with Crippen LogP contribution in [-0.2, 0) is 0 Å². The highest BCUT2D eigenvalue weighted by Crippen LogP contribution is 2.46. The maximum absolute atomic E-state index is 9.28. The largest absolute Gasteiger partial charge is 0.464 e. The van der Waals surface area contributed by atoms with Crippen LogP contribution >= 0.6 is 0 Å². The molecule has 9 rings (SSSR count). The fourth-order valence-corrected chi connectivity index (χ4v) is 5.64. The summed E-state index contributed by atoms with van der Waals surface area (Å²) >= 11 is 0. The van der Waals surface area contributed by atoms with E-state index < -0.39 is 107 Å². The van der Waals surface area contributed by atoms with Gasteiger partial charge in [0.05, 0.1) is 26.8 Å². The van der Waals surface area contributed by atoms with E-state index in [0.717, 1.165) is 10.8 Å². The summed E-state index contributed by atoms with van der Waals surface area (Å²) in [6.45, 7) is 0. The third-order valence-corrected chi connectivity index (χ3v) is 7.29. The molecule has 9 aromatic rings. The van der Waals surface area contributed by atoms with Crippen LogP contribution in [0.3, 0.4) is 0 Å². The Morgan fingerprint density at radius 2 is 1.10 bits per heavy atom. The summed E-state index contributed by atoms with van der Waals surface area (Å²) in [5.74, 6) is 0. The van der Waals surface area contributed by atoms with E-state index >= 15 is 0 Å². The maximum atomic E-state index is 9.28. The van der Waals surface area contributed by atoms with Gasteiger partial charge in [0.15, 0.2) is 0 Å². The zero-order chi connectivity index (χ0) is 39.3. The van der Waals surface area contributed by atoms with Gasteiger partial charge in [-0.3, -0.25) is 0 Å². The molecular weight excluding hydrogens is 488 g/mol. The van der Waals surface area contributed by atoms with Crippen molar-refractivity contribution in [1.29, 1.82) is 0 Å². The van der Waals surface area contributed by atoms with E-state index in [1.54, 1.807) is 42.7 Å². The van der Waals surface area contributed by atoms with Gasteiger partial charge in [-0.25, -0.2) is 0 Å². The van der Waals surface area contributed by atoms with Gasteiger partial charge in [-0.1, -0.05) is 96.7 Å². The quantitative estimate of drug-likeness (QED) is 0.210. The molecule has 40 heavy (non-hydrogen) atoms. The molecule has 0 unspecified atom stereocenters. The van der Waals surface area contributed by atoms with E-state index in [2.05, 4.69) is 0 Å². The second kappa shape index (κ2) is 8.08. The smallest absolute Gasteiger partial charge is 0.136 e. The summed E-state index contributed by atoms with van der Waals surface area (Å²) in [4.78, 5) is 0. The van der Waals surface area contributed by atoms with E-state index in [0.29, 0.717) is 22.1 Å². The molecular formula is C38H22O2. The van der Waals surface area contributed by atoms with Crippen LogP contribution < -0.4 is 0 Å². The van der Waals surface area contributed by atoms with E-state index in [-0.39, 0.29) is 38.2 Å². The molecule has 0 spiro atoms. The van der Waals surface area contributed by atoms with Crippen LogP contribution in [0.1, 0.15) is 20.6 Å². The molecule has 2 aromatic heterocycles. The third-order valence-electron chi connectivity index (χ3n) is 7.29. The standard InChI is InChI=1S/C38H22O2/c1-2-10-25-23(8-1)9-7-15-26(25)37-29-13-5-3-11-27(29)36(28-12-4-6-14-30(28)37)24-16-17-31-35(22-24)40-34-19-18-33-32(38(31)34)20-21-39-33/h1-22H/i1D,2D,3D,4D,5D,6D,7D,8D,9D,10D,11D,12D,13D,14D,15D. The molecule has 0 amide bonds. The molecule has 2 heteroatoms. The monoisotopic (exact) mass is 525 g/mol. The average Bonchev–Trinajstić information content (AvgIpc) is 3.81. The number of fused-ring (bicyclic) bond motifs is 8. The summed E-state index contributed by atoms with van der Waals surface area (Å²) in [5, 5.41) is 0.323. The minimum Gasteiger partial charge on any atom is -0.464 e. The third kappa shape index (κ3) is 2.93. The highest BCUT2D eigenvalue weighted by molar-refractivity contribution is 6.24. The van der Waals surface area contributed by atoms with Crippen molar-refractivity contribution in [3.8, 4) is 22.3 Å². The fraction of sp³-hybridized carbons (Fsp3) is 0. The first-order valence-electron chi connectivity index (χ1n) is 19.9. The lowest BCUT2D eigenvalue weighted by Gasteiger charge is -2.18. The van der Waals surface area contributed by atoms with Gasteiger partial charge in [-0.2, -0.15) is 0 Å². The van der Waals surface area contributed by atoms with Crippen molar-refractivity contribution in [2.45, 2.75) is 0 Å². The minimum absolute atomic E-state index is 0.00971. The lowest BCUT2D eigenvalue weighted by atomic mass is 9.84. The molecule has 0 aliphatic rings. The Morgan fingerprint density at radius 3 is 1.88 bits per heavy atom. The molecule has 0 N–H and O–H groups in total. The van der Waals surface area contributed by atoms with Gasteiger partial charge in [0.1, 0.15) is 16.7 Å². The van der Waals surface area contributed by atoms with Crippen LogP contribution in [0.5, 0.6) is 0 Å². The number of hydrogen-bond acceptors (Lipinski definition) is 2. The van der Waals surface area contributed by atoms with Gasteiger partial charge >= 0.3 is 0 Å². The van der Waals surface area contributed by atoms with Gasteiger partial charge in [0, 0.05) is 16.2 Å². The zero-order valence-corrected chi connectivity index (χ0v) is 20.4. The highest BCUT2D eigenvalue weighted by Gasteiger charge is 2.19. The molecule has 0 aliphatic heterocycles. The highest BCUT2D eigenvalue weighted by atomic mass is 16.3. The second-order valence-corrected chi connectivity index (χ2v) is 9.33. The predicted octanol–water partition coefficient (Wildman–Crippen LogP) is 11.1. The maximum Gasteiger partial charge on any atom is 0.136 e. The van der Waals surface area contributed by atoms with Crippen LogP contribution in [0, 0.1) is 0 Å². The van der Waals surface area contributed by atoms with Gasteiger partial charge in [-0.15, -0.1) is 0 Å². The van der Waals surface area contributed by atoms with Gasteiger partial charge in [0.2, 0.25) is 0 Å². The van der Waals surface area contributed by atoms with Crippen molar-refractivity contribution in [1.82, 2.24) is 0 Å². The van der Waals surface area contributed by atoms with E-state index in [1.807, 2.05) is 0 Å². The van der Waals surface area contributed by atoms with Crippen LogP contribution in [-0.4, -0.2) is 0 Å². The van der Waals surface area contributed by atoms with E-state index in [4.69, 9.17) is 22.5 Å². The molecule has 186 valence electrons. The Labute approximate surface area is 250 Å². The van der Waals surface area contributed by atoms with Crippen molar-refractivity contribution in [3.05, 3.63) is 133 Å².